The van der Waals surface area contributed by atoms with Gasteiger partial charge in [0.1, 0.15) is 5.65 Å². The molecule has 0 aliphatic carbocycles. The number of benzene rings is 1. The summed E-state index contributed by atoms with van der Waals surface area (Å²) in [4.78, 5) is 15.9. The first-order valence-electron chi connectivity index (χ1n) is 12.0. The number of alkyl halides is 3. The molecule has 0 atom stereocenters. The van der Waals surface area contributed by atoms with E-state index in [2.05, 4.69) is 41.9 Å². The Morgan fingerprint density at radius 2 is 1.76 bits per heavy atom. The second kappa shape index (κ2) is 12.3. The summed E-state index contributed by atoms with van der Waals surface area (Å²) < 4.78 is 41.7. The molecule has 1 fully saturated rings. The number of nitrogens with zero attached hydrogens (tertiary/aromatic N) is 5. The maximum atomic E-state index is 13.9. The standard InChI is InChI=1S/C28H26F3N6.K/c1-19-16-33-27-24(19)13-21(17-34-27)4-3-20-7-8-32-26(14-20)35-23-6-5-22(25(15-23)28(29,30)31)18-37-11-9-36(2)10-12-37;/h5-8,13-17H,9-12,18H2,1-2H3,(H-,32,33,34,35);/q-1;+1. The van der Waals surface area contributed by atoms with E-state index in [1.54, 1.807) is 30.6 Å². The third-order valence-electron chi connectivity index (χ3n) is 6.47. The van der Waals surface area contributed by atoms with Crippen LogP contribution in [0.4, 0.5) is 24.7 Å². The summed E-state index contributed by atoms with van der Waals surface area (Å²) in [6.45, 7) is 5.43. The van der Waals surface area contributed by atoms with Crippen molar-refractivity contribution in [3.05, 3.63) is 88.1 Å². The molecule has 4 heterocycles. The average Bonchev–Trinajstić information content (AvgIpc) is 3.24. The summed E-state index contributed by atoms with van der Waals surface area (Å²) >= 11 is 0. The zero-order chi connectivity index (χ0) is 26.0. The molecule has 190 valence electrons. The van der Waals surface area contributed by atoms with Gasteiger partial charge in [0.2, 0.25) is 0 Å². The molecule has 1 aromatic carbocycles. The van der Waals surface area contributed by atoms with Crippen molar-refractivity contribution < 1.29 is 64.6 Å². The normalized spacial score (nSPS) is 14.6. The predicted molar refractivity (Wildman–Crippen MR) is 138 cm³/mol. The molecule has 0 bridgehead atoms. The first kappa shape index (κ1) is 28.8. The van der Waals surface area contributed by atoms with Crippen LogP contribution in [0, 0.1) is 18.8 Å². The molecule has 0 amide bonds. The van der Waals surface area contributed by atoms with Gasteiger partial charge in [-0.1, -0.05) is 42.1 Å². The second-order valence-corrected chi connectivity index (χ2v) is 9.27. The third kappa shape index (κ3) is 7.04. The van der Waals surface area contributed by atoms with Crippen molar-refractivity contribution in [1.29, 1.82) is 0 Å². The number of aromatic amines is 1. The van der Waals surface area contributed by atoms with Gasteiger partial charge < -0.3 is 20.2 Å². The molecule has 6 nitrogen and oxygen atoms in total. The molecular formula is C28H26F3KN6. The molecule has 0 saturated carbocycles. The molecule has 3 aromatic heterocycles. The minimum Gasteiger partial charge on any atom is -0.443 e. The SMILES string of the molecule is Cc1c[nH]c2ncc(C#Cc3ccnc([N-]c4ccc(CN5CCN(C)CC5)c(C(F)(F)F)c4)c3)cc12.[K+]. The molecular weight excluding hydrogens is 516 g/mol. The Labute approximate surface area is 262 Å². The van der Waals surface area contributed by atoms with Crippen LogP contribution in [-0.2, 0) is 12.7 Å². The van der Waals surface area contributed by atoms with Crippen molar-refractivity contribution in [3.8, 4) is 11.8 Å². The van der Waals surface area contributed by atoms with Crippen LogP contribution >= 0.6 is 0 Å². The minimum atomic E-state index is -4.47. The van der Waals surface area contributed by atoms with E-state index in [4.69, 9.17) is 0 Å². The Bertz CT molecular complexity index is 1480. The molecule has 1 N–H and O–H groups in total. The van der Waals surface area contributed by atoms with Gasteiger partial charge >= 0.3 is 57.6 Å². The molecule has 0 spiro atoms. The van der Waals surface area contributed by atoms with Crippen molar-refractivity contribution in [2.24, 2.45) is 0 Å². The topological polar surface area (TPSA) is 62.2 Å². The number of piperazine rings is 1. The summed E-state index contributed by atoms with van der Waals surface area (Å²) in [6, 6.07) is 9.60. The van der Waals surface area contributed by atoms with Crippen molar-refractivity contribution in [2.45, 2.75) is 19.6 Å². The van der Waals surface area contributed by atoms with Gasteiger partial charge in [0.15, 0.2) is 0 Å². The number of hydrogen-bond acceptors (Lipinski definition) is 4. The molecule has 1 aliphatic heterocycles. The number of nitrogens with one attached hydrogen (secondary N) is 1. The molecule has 4 aromatic rings. The van der Waals surface area contributed by atoms with Crippen molar-refractivity contribution in [2.75, 3.05) is 33.2 Å². The molecule has 0 unspecified atom stereocenters. The fourth-order valence-corrected chi connectivity index (χ4v) is 4.32. The van der Waals surface area contributed by atoms with Gasteiger partial charge in [0, 0.05) is 61.6 Å². The number of halogens is 3. The summed E-state index contributed by atoms with van der Waals surface area (Å²) in [7, 11) is 2.02. The van der Waals surface area contributed by atoms with E-state index in [0.717, 1.165) is 54.4 Å². The van der Waals surface area contributed by atoms with E-state index in [1.807, 2.05) is 26.2 Å². The van der Waals surface area contributed by atoms with Crippen molar-refractivity contribution >= 4 is 22.5 Å². The second-order valence-electron chi connectivity index (χ2n) is 9.27. The molecule has 5 rings (SSSR count). The van der Waals surface area contributed by atoms with Crippen LogP contribution in [0.2, 0.25) is 0 Å². The number of likely N-dealkylation sites (N-methyl/N-ethyl adjacent to an activating group) is 1. The summed E-state index contributed by atoms with van der Waals surface area (Å²) in [6.07, 6.45) is 0.670. The molecule has 1 aliphatic rings. The minimum absolute atomic E-state index is 0. The first-order valence-corrected chi connectivity index (χ1v) is 12.0. The van der Waals surface area contributed by atoms with Crippen LogP contribution in [0.3, 0.4) is 0 Å². The Kier molecular flexibility index (Phi) is 9.31. The van der Waals surface area contributed by atoms with E-state index >= 15 is 0 Å². The van der Waals surface area contributed by atoms with Crippen LogP contribution in [-0.4, -0.2) is 58.0 Å². The van der Waals surface area contributed by atoms with Crippen molar-refractivity contribution in [3.63, 3.8) is 0 Å². The third-order valence-corrected chi connectivity index (χ3v) is 6.47. The van der Waals surface area contributed by atoms with E-state index in [0.29, 0.717) is 11.4 Å². The number of pyridine rings is 2. The van der Waals surface area contributed by atoms with Crippen LogP contribution in [0.1, 0.15) is 27.8 Å². The number of aromatic nitrogens is 3. The maximum Gasteiger partial charge on any atom is 1.00 e. The molecule has 0 radical (unpaired) electrons. The van der Waals surface area contributed by atoms with E-state index < -0.39 is 11.7 Å². The van der Waals surface area contributed by atoms with E-state index in [1.165, 1.54) is 6.07 Å². The van der Waals surface area contributed by atoms with Gasteiger partial charge in [-0.05, 0) is 49.0 Å². The number of rotatable bonds is 4. The molecule has 10 heteroatoms. The average molecular weight is 543 g/mol. The summed E-state index contributed by atoms with van der Waals surface area (Å²) in [5, 5.41) is 5.37. The van der Waals surface area contributed by atoms with Crippen LogP contribution in [0.25, 0.3) is 16.4 Å². The predicted octanol–water partition coefficient (Wildman–Crippen LogP) is 2.77. The van der Waals surface area contributed by atoms with Crippen LogP contribution < -0.4 is 51.4 Å². The van der Waals surface area contributed by atoms with Gasteiger partial charge in [-0.2, -0.15) is 13.2 Å². The Morgan fingerprint density at radius 3 is 2.53 bits per heavy atom. The van der Waals surface area contributed by atoms with Crippen molar-refractivity contribution in [1.82, 2.24) is 24.8 Å². The Morgan fingerprint density at radius 1 is 1.00 bits per heavy atom. The van der Waals surface area contributed by atoms with Gasteiger partial charge in [-0.25, -0.2) is 4.98 Å². The zero-order valence-corrected chi connectivity index (χ0v) is 24.7. The van der Waals surface area contributed by atoms with E-state index in [-0.39, 0.29) is 69.2 Å². The molecule has 1 saturated heterocycles. The van der Waals surface area contributed by atoms with Gasteiger partial charge in [-0.15, -0.1) is 0 Å². The van der Waals surface area contributed by atoms with Gasteiger partial charge in [0.05, 0.1) is 5.56 Å². The monoisotopic (exact) mass is 542 g/mol. The fraction of sp³-hybridized carbons (Fsp3) is 0.286. The number of hydrogen-bond donors (Lipinski definition) is 1. The quantitative estimate of drug-likeness (QED) is 0.318. The zero-order valence-electron chi connectivity index (χ0n) is 21.6. The van der Waals surface area contributed by atoms with E-state index in [9.17, 15) is 13.2 Å². The van der Waals surface area contributed by atoms with Gasteiger partial charge in [0.25, 0.3) is 0 Å². The number of fused-ring (bicyclic) bond motifs is 1. The first-order chi connectivity index (χ1) is 17.7. The van der Waals surface area contributed by atoms with Crippen LogP contribution in [0.15, 0.2) is 55.0 Å². The summed E-state index contributed by atoms with van der Waals surface area (Å²) in [5.74, 6) is 6.45. The Balaban J connectivity index is 0.00000336. The van der Waals surface area contributed by atoms with Crippen LogP contribution in [0.5, 0.6) is 0 Å². The number of aryl methyl sites for hydroxylation is 1. The smallest absolute Gasteiger partial charge is 0.443 e. The largest absolute Gasteiger partial charge is 1.00 e. The van der Waals surface area contributed by atoms with Gasteiger partial charge in [-0.3, -0.25) is 4.90 Å². The molecule has 38 heavy (non-hydrogen) atoms. The summed E-state index contributed by atoms with van der Waals surface area (Å²) in [5.41, 5.74) is 3.10. The maximum absolute atomic E-state index is 13.9. The number of H-pyrrole nitrogens is 1. The fourth-order valence-electron chi connectivity index (χ4n) is 4.32. The Hall–Kier alpha value is -2.23.